The average molecular weight is 449 g/mol. The Morgan fingerprint density at radius 2 is 1.87 bits per heavy atom. The maximum atomic E-state index is 12.5. The molecule has 1 saturated heterocycles. The van der Waals surface area contributed by atoms with Crippen molar-refractivity contribution in [3.05, 3.63) is 46.9 Å². The van der Waals surface area contributed by atoms with Gasteiger partial charge in [-0.1, -0.05) is 12.1 Å². The van der Waals surface area contributed by atoms with Crippen molar-refractivity contribution in [2.24, 2.45) is 5.92 Å². The van der Waals surface area contributed by atoms with Gasteiger partial charge in [0.2, 0.25) is 0 Å². The second-order valence-corrected chi connectivity index (χ2v) is 10.8. The first kappa shape index (κ1) is 22.9. The summed E-state index contributed by atoms with van der Waals surface area (Å²) in [5.41, 5.74) is 0.0279. The number of hydrogen-bond donors (Lipinski definition) is 1. The maximum Gasteiger partial charge on any atom is 0.410 e. The molecule has 9 heteroatoms. The van der Waals surface area contributed by atoms with Crippen LogP contribution in [0.1, 0.15) is 27.2 Å². The van der Waals surface area contributed by atoms with Crippen LogP contribution in [0.4, 0.5) is 4.79 Å². The number of amides is 1. The molecule has 1 atom stereocenters. The van der Waals surface area contributed by atoms with Crippen molar-refractivity contribution in [3.63, 3.8) is 0 Å². The van der Waals surface area contributed by atoms with Crippen LogP contribution in [-0.4, -0.2) is 55.9 Å². The third-order valence-corrected chi connectivity index (χ3v) is 6.03. The van der Waals surface area contributed by atoms with Gasteiger partial charge < -0.3 is 19.4 Å². The van der Waals surface area contributed by atoms with E-state index in [9.17, 15) is 18.0 Å². The zero-order valence-electron chi connectivity index (χ0n) is 18.2. The van der Waals surface area contributed by atoms with Crippen LogP contribution in [-0.2, 0) is 14.6 Å². The summed E-state index contributed by atoms with van der Waals surface area (Å²) in [6.07, 6.45) is 3.08. The highest BCUT2D eigenvalue weighted by Gasteiger charge is 2.30. The molecule has 1 N–H and O–H groups in total. The van der Waals surface area contributed by atoms with Gasteiger partial charge in [0.15, 0.2) is 9.84 Å². The van der Waals surface area contributed by atoms with Gasteiger partial charge in [-0.25, -0.2) is 13.2 Å². The van der Waals surface area contributed by atoms with Gasteiger partial charge in [0.1, 0.15) is 11.4 Å². The molecule has 1 aliphatic rings. The van der Waals surface area contributed by atoms with Crippen LogP contribution in [0, 0.1) is 5.92 Å². The topological polar surface area (TPSA) is 106 Å². The summed E-state index contributed by atoms with van der Waals surface area (Å²) >= 11 is 0. The van der Waals surface area contributed by atoms with Crippen LogP contribution < -0.4 is 10.3 Å². The van der Waals surface area contributed by atoms with Gasteiger partial charge >= 0.3 is 6.09 Å². The fourth-order valence-electron chi connectivity index (χ4n) is 3.39. The molecule has 1 amide bonds. The second-order valence-electron chi connectivity index (χ2n) is 8.73. The molecule has 0 spiro atoms. The molecule has 168 valence electrons. The summed E-state index contributed by atoms with van der Waals surface area (Å²) < 4.78 is 34.8. The van der Waals surface area contributed by atoms with Gasteiger partial charge in [-0.15, -0.1) is 0 Å². The number of pyridine rings is 1. The highest BCUT2D eigenvalue weighted by Crippen LogP contribution is 2.28. The van der Waals surface area contributed by atoms with Gasteiger partial charge in [-0.05, 0) is 51.0 Å². The Morgan fingerprint density at radius 1 is 1.19 bits per heavy atom. The Kier molecular flexibility index (Phi) is 6.45. The number of ether oxygens (including phenoxy) is 2. The van der Waals surface area contributed by atoms with E-state index in [1.165, 1.54) is 18.3 Å². The van der Waals surface area contributed by atoms with Crippen LogP contribution >= 0.6 is 0 Å². The minimum Gasteiger partial charge on any atom is -0.492 e. The van der Waals surface area contributed by atoms with Gasteiger partial charge in [0.25, 0.3) is 5.56 Å². The number of benzene rings is 1. The number of nitrogens with zero attached hydrogens (tertiary/aromatic N) is 1. The lowest BCUT2D eigenvalue weighted by atomic mass is 10.1. The SMILES string of the molecule is CC(C)(C)OC(=O)N1CCC(COc2cc[nH]c(=O)c2-c2ccc(S(C)(=O)=O)cc2)C1. The van der Waals surface area contributed by atoms with Crippen molar-refractivity contribution in [2.75, 3.05) is 26.0 Å². The molecule has 1 unspecified atom stereocenters. The van der Waals surface area contributed by atoms with Crippen LogP contribution in [0.25, 0.3) is 11.1 Å². The van der Waals surface area contributed by atoms with Crippen molar-refractivity contribution in [1.29, 1.82) is 0 Å². The molecule has 1 aromatic carbocycles. The van der Waals surface area contributed by atoms with Gasteiger partial charge in [0.05, 0.1) is 17.1 Å². The van der Waals surface area contributed by atoms with Crippen molar-refractivity contribution >= 4 is 15.9 Å². The largest absolute Gasteiger partial charge is 0.492 e. The van der Waals surface area contributed by atoms with Gasteiger partial charge in [0, 0.05) is 31.5 Å². The number of aromatic nitrogens is 1. The van der Waals surface area contributed by atoms with Crippen LogP contribution in [0.5, 0.6) is 5.75 Å². The second kappa shape index (κ2) is 8.74. The molecule has 0 bridgehead atoms. The number of rotatable bonds is 5. The maximum absolute atomic E-state index is 12.5. The van der Waals surface area contributed by atoms with E-state index in [1.807, 2.05) is 20.8 Å². The van der Waals surface area contributed by atoms with E-state index < -0.39 is 15.4 Å². The average Bonchev–Trinajstić information content (AvgIpc) is 3.14. The number of sulfone groups is 1. The third-order valence-electron chi connectivity index (χ3n) is 4.91. The summed E-state index contributed by atoms with van der Waals surface area (Å²) in [5, 5.41) is 0. The Bertz CT molecular complexity index is 1100. The van der Waals surface area contributed by atoms with Crippen molar-refractivity contribution in [3.8, 4) is 16.9 Å². The highest BCUT2D eigenvalue weighted by atomic mass is 32.2. The first-order valence-corrected chi connectivity index (χ1v) is 12.0. The predicted molar refractivity (Wildman–Crippen MR) is 117 cm³/mol. The van der Waals surface area contributed by atoms with E-state index in [2.05, 4.69) is 4.98 Å². The van der Waals surface area contributed by atoms with E-state index in [1.54, 1.807) is 23.1 Å². The minimum atomic E-state index is -3.33. The first-order valence-electron chi connectivity index (χ1n) is 10.1. The summed E-state index contributed by atoms with van der Waals surface area (Å²) in [7, 11) is -3.33. The van der Waals surface area contributed by atoms with Crippen molar-refractivity contribution in [1.82, 2.24) is 9.88 Å². The molecule has 31 heavy (non-hydrogen) atoms. The van der Waals surface area contributed by atoms with E-state index in [0.717, 1.165) is 12.7 Å². The Hall–Kier alpha value is -2.81. The Balaban J connectivity index is 1.71. The summed E-state index contributed by atoms with van der Waals surface area (Å²) in [6.45, 7) is 6.96. The number of hydrogen-bond acceptors (Lipinski definition) is 6. The van der Waals surface area contributed by atoms with Gasteiger partial charge in [-0.3, -0.25) is 4.79 Å². The molecular formula is C22H28N2O6S. The molecular weight excluding hydrogens is 420 g/mol. The fourth-order valence-corrected chi connectivity index (χ4v) is 4.02. The lowest BCUT2D eigenvalue weighted by Crippen LogP contribution is -2.35. The number of nitrogens with one attached hydrogen (secondary N) is 1. The molecule has 8 nitrogen and oxygen atoms in total. The summed E-state index contributed by atoms with van der Waals surface area (Å²) in [5.74, 6) is 0.527. The lowest BCUT2D eigenvalue weighted by Gasteiger charge is -2.24. The number of aromatic amines is 1. The summed E-state index contributed by atoms with van der Waals surface area (Å²) in [4.78, 5) is 29.2. The molecule has 0 aliphatic carbocycles. The quantitative estimate of drug-likeness (QED) is 0.754. The highest BCUT2D eigenvalue weighted by molar-refractivity contribution is 7.90. The van der Waals surface area contributed by atoms with E-state index in [0.29, 0.717) is 36.6 Å². The minimum absolute atomic E-state index is 0.118. The van der Waals surface area contributed by atoms with E-state index in [4.69, 9.17) is 9.47 Å². The van der Waals surface area contributed by atoms with E-state index >= 15 is 0 Å². The smallest absolute Gasteiger partial charge is 0.410 e. The zero-order chi connectivity index (χ0) is 22.8. The molecule has 1 aromatic heterocycles. The number of carbonyl (C=O) groups is 1. The molecule has 1 fully saturated rings. The number of likely N-dealkylation sites (tertiary alicyclic amines) is 1. The molecule has 2 heterocycles. The lowest BCUT2D eigenvalue weighted by molar-refractivity contribution is 0.0285. The zero-order valence-corrected chi connectivity index (χ0v) is 19.0. The molecule has 0 saturated carbocycles. The molecule has 2 aromatic rings. The first-order chi connectivity index (χ1) is 14.4. The van der Waals surface area contributed by atoms with Crippen LogP contribution in [0.2, 0.25) is 0 Å². The summed E-state index contributed by atoms with van der Waals surface area (Å²) in [6, 6.07) is 7.79. The monoisotopic (exact) mass is 448 g/mol. The van der Waals surface area contributed by atoms with Crippen molar-refractivity contribution < 1.29 is 22.7 Å². The van der Waals surface area contributed by atoms with Crippen molar-refractivity contribution in [2.45, 2.75) is 37.7 Å². The molecule has 1 aliphatic heterocycles. The number of carbonyl (C=O) groups excluding carboxylic acids is 1. The predicted octanol–water partition coefficient (Wildman–Crippen LogP) is 3.08. The third kappa shape index (κ3) is 5.88. The van der Waals surface area contributed by atoms with Crippen LogP contribution in [0.15, 0.2) is 46.2 Å². The normalized spacial score (nSPS) is 16.9. The van der Waals surface area contributed by atoms with E-state index in [-0.39, 0.29) is 22.5 Å². The fraction of sp³-hybridized carbons (Fsp3) is 0.455. The molecule has 3 rings (SSSR count). The van der Waals surface area contributed by atoms with Crippen LogP contribution in [0.3, 0.4) is 0 Å². The number of H-pyrrole nitrogens is 1. The Morgan fingerprint density at radius 3 is 2.48 bits per heavy atom. The van der Waals surface area contributed by atoms with Gasteiger partial charge in [-0.2, -0.15) is 0 Å². The Labute approximate surface area is 182 Å². The standard InChI is InChI=1S/C22H28N2O6S/c1-22(2,3)30-21(26)24-12-10-15(13-24)14-29-18-9-11-23-20(25)19(18)16-5-7-17(8-6-16)31(4,27)28/h5-9,11,15H,10,12-14H2,1-4H3,(H,23,25). The molecule has 0 radical (unpaired) electrons.